The second-order valence-corrected chi connectivity index (χ2v) is 3.86. The van der Waals surface area contributed by atoms with Gasteiger partial charge >= 0.3 is 0 Å². The lowest BCUT2D eigenvalue weighted by atomic mass is 10.00. The second kappa shape index (κ2) is 2.60. The van der Waals surface area contributed by atoms with Gasteiger partial charge in [-0.1, -0.05) is 30.7 Å². The topological polar surface area (TPSA) is 26.0 Å². The molecule has 0 amide bonds. The molecule has 12 heavy (non-hydrogen) atoms. The Morgan fingerprint density at radius 2 is 2.17 bits per heavy atom. The lowest BCUT2D eigenvalue weighted by Gasteiger charge is -2.09. The molecule has 0 bridgehead atoms. The van der Waals surface area contributed by atoms with Crippen molar-refractivity contribution in [3.05, 3.63) is 34.9 Å². The molecular weight excluding hydrogens is 146 g/mol. The van der Waals surface area contributed by atoms with Crippen LogP contribution in [0.5, 0.6) is 0 Å². The molecule has 1 nitrogen and oxygen atoms in total. The van der Waals surface area contributed by atoms with Crippen LogP contribution in [0.2, 0.25) is 0 Å². The van der Waals surface area contributed by atoms with Crippen molar-refractivity contribution < 1.29 is 0 Å². The van der Waals surface area contributed by atoms with Crippen LogP contribution in [-0.4, -0.2) is 6.04 Å². The van der Waals surface area contributed by atoms with Crippen LogP contribution >= 0.6 is 0 Å². The van der Waals surface area contributed by atoms with Crippen molar-refractivity contribution in [2.75, 3.05) is 0 Å². The van der Waals surface area contributed by atoms with E-state index in [1.165, 1.54) is 16.7 Å². The van der Waals surface area contributed by atoms with Gasteiger partial charge in [-0.2, -0.15) is 0 Å². The van der Waals surface area contributed by atoms with E-state index < -0.39 is 0 Å². The summed E-state index contributed by atoms with van der Waals surface area (Å²) in [6.07, 6.45) is 1.05. The van der Waals surface area contributed by atoms with Crippen molar-refractivity contribution >= 4 is 0 Å². The van der Waals surface area contributed by atoms with Crippen LogP contribution in [0, 0.1) is 6.92 Å². The number of hydrogen-bond acceptors (Lipinski definition) is 1. The third kappa shape index (κ3) is 1.05. The van der Waals surface area contributed by atoms with Gasteiger partial charge in [0.25, 0.3) is 0 Å². The van der Waals surface area contributed by atoms with E-state index in [-0.39, 0.29) is 0 Å². The van der Waals surface area contributed by atoms with Gasteiger partial charge in [-0.25, -0.2) is 0 Å². The number of hydrogen-bond donors (Lipinski definition) is 1. The first-order valence-corrected chi connectivity index (χ1v) is 4.53. The van der Waals surface area contributed by atoms with Crippen molar-refractivity contribution in [1.29, 1.82) is 0 Å². The quantitative estimate of drug-likeness (QED) is 0.618. The van der Waals surface area contributed by atoms with Gasteiger partial charge in [-0.05, 0) is 30.4 Å². The predicted molar refractivity (Wildman–Crippen MR) is 51.3 cm³/mol. The largest absolute Gasteiger partial charge is 0.327 e. The number of nitrogens with two attached hydrogens (primary N) is 1. The molecule has 0 saturated carbocycles. The fraction of sp³-hybridized carbons (Fsp3) is 0.455. The highest BCUT2D eigenvalue weighted by Crippen LogP contribution is 2.32. The van der Waals surface area contributed by atoms with Gasteiger partial charge in [-0.3, -0.25) is 0 Å². The molecular formula is C11H15N. The monoisotopic (exact) mass is 161 g/mol. The van der Waals surface area contributed by atoms with Crippen LogP contribution in [0.3, 0.4) is 0 Å². The van der Waals surface area contributed by atoms with Crippen molar-refractivity contribution in [2.45, 2.75) is 32.2 Å². The van der Waals surface area contributed by atoms with Gasteiger partial charge < -0.3 is 5.73 Å². The molecule has 0 saturated heterocycles. The summed E-state index contributed by atoms with van der Waals surface area (Å²) >= 11 is 0. The molecule has 64 valence electrons. The van der Waals surface area contributed by atoms with Gasteiger partial charge in [0.15, 0.2) is 0 Å². The number of rotatable bonds is 0. The highest BCUT2D eigenvalue weighted by atomic mass is 14.7. The maximum absolute atomic E-state index is 5.98. The zero-order valence-corrected chi connectivity index (χ0v) is 7.67. The summed E-state index contributed by atoms with van der Waals surface area (Å²) in [5.41, 5.74) is 10.2. The van der Waals surface area contributed by atoms with Gasteiger partial charge in [0.1, 0.15) is 0 Å². The van der Waals surface area contributed by atoms with Gasteiger partial charge in [0, 0.05) is 6.04 Å². The van der Waals surface area contributed by atoms with Gasteiger partial charge in [0.05, 0.1) is 0 Å². The molecule has 1 heteroatoms. The zero-order chi connectivity index (χ0) is 8.72. The van der Waals surface area contributed by atoms with E-state index in [9.17, 15) is 0 Å². The summed E-state index contributed by atoms with van der Waals surface area (Å²) in [7, 11) is 0. The Morgan fingerprint density at radius 3 is 2.92 bits per heavy atom. The molecule has 2 atom stereocenters. The molecule has 1 aromatic rings. The first kappa shape index (κ1) is 7.81. The van der Waals surface area contributed by atoms with Gasteiger partial charge in [0.2, 0.25) is 0 Å². The van der Waals surface area contributed by atoms with Crippen LogP contribution in [0.15, 0.2) is 18.2 Å². The summed E-state index contributed by atoms with van der Waals surface area (Å²) in [5, 5.41) is 0. The summed E-state index contributed by atoms with van der Waals surface area (Å²) < 4.78 is 0. The van der Waals surface area contributed by atoms with Crippen molar-refractivity contribution in [2.24, 2.45) is 5.73 Å². The molecule has 0 aliphatic heterocycles. The molecule has 1 aromatic carbocycles. The summed E-state index contributed by atoms with van der Waals surface area (Å²) in [4.78, 5) is 0. The van der Waals surface area contributed by atoms with Crippen LogP contribution in [0.4, 0.5) is 0 Å². The van der Waals surface area contributed by atoms with Crippen LogP contribution in [0.25, 0.3) is 0 Å². The second-order valence-electron chi connectivity index (χ2n) is 3.86. The van der Waals surface area contributed by atoms with Crippen LogP contribution in [0.1, 0.15) is 29.5 Å². The number of aryl methyl sites for hydroxylation is 1. The summed E-state index contributed by atoms with van der Waals surface area (Å²) in [6.45, 7) is 4.35. The Labute approximate surface area is 73.6 Å². The van der Waals surface area contributed by atoms with Crippen LogP contribution < -0.4 is 5.73 Å². The minimum atomic E-state index is 0.335. The van der Waals surface area contributed by atoms with Crippen LogP contribution in [-0.2, 0) is 6.42 Å². The Hall–Kier alpha value is -0.820. The normalized spacial score (nSPS) is 27.2. The van der Waals surface area contributed by atoms with E-state index in [1.807, 2.05) is 0 Å². The van der Waals surface area contributed by atoms with Crippen molar-refractivity contribution in [3.63, 3.8) is 0 Å². The maximum Gasteiger partial charge on any atom is 0.0146 e. The molecule has 0 radical (unpaired) electrons. The lowest BCUT2D eigenvalue weighted by molar-refractivity contribution is 0.615. The summed E-state index contributed by atoms with van der Waals surface area (Å²) in [5.74, 6) is 0.542. The predicted octanol–water partition coefficient (Wildman–Crippen LogP) is 1.98. The van der Waals surface area contributed by atoms with E-state index in [0.29, 0.717) is 12.0 Å². The highest BCUT2D eigenvalue weighted by Gasteiger charge is 2.25. The molecule has 0 aromatic heterocycles. The molecule has 0 fully saturated rings. The molecule has 2 N–H and O–H groups in total. The lowest BCUT2D eigenvalue weighted by Crippen LogP contribution is -2.22. The van der Waals surface area contributed by atoms with E-state index in [0.717, 1.165) is 6.42 Å². The molecule has 0 heterocycles. The zero-order valence-electron chi connectivity index (χ0n) is 7.67. The SMILES string of the molecule is Cc1ccc2c(c1)C(C)C(N)C2. The Morgan fingerprint density at radius 1 is 1.42 bits per heavy atom. The fourth-order valence-corrected chi connectivity index (χ4v) is 1.99. The number of benzene rings is 1. The number of fused-ring (bicyclic) bond motifs is 1. The Bertz CT molecular complexity index is 304. The molecule has 2 unspecified atom stereocenters. The maximum atomic E-state index is 5.98. The highest BCUT2D eigenvalue weighted by molar-refractivity contribution is 5.39. The third-order valence-corrected chi connectivity index (χ3v) is 2.89. The van der Waals surface area contributed by atoms with Crippen molar-refractivity contribution in [3.8, 4) is 0 Å². The van der Waals surface area contributed by atoms with E-state index >= 15 is 0 Å². The molecule has 0 spiro atoms. The molecule has 2 rings (SSSR count). The van der Waals surface area contributed by atoms with E-state index in [4.69, 9.17) is 5.73 Å². The summed E-state index contributed by atoms with van der Waals surface area (Å²) in [6, 6.07) is 6.99. The third-order valence-electron chi connectivity index (χ3n) is 2.89. The minimum Gasteiger partial charge on any atom is -0.327 e. The van der Waals surface area contributed by atoms with E-state index in [1.54, 1.807) is 0 Å². The standard InChI is InChI=1S/C11H15N/c1-7-3-4-9-6-11(12)8(2)10(9)5-7/h3-5,8,11H,6,12H2,1-2H3. The Balaban J connectivity index is 2.48. The average Bonchev–Trinajstić information content (AvgIpc) is 2.31. The minimum absolute atomic E-state index is 0.335. The van der Waals surface area contributed by atoms with Crippen molar-refractivity contribution in [1.82, 2.24) is 0 Å². The average molecular weight is 161 g/mol. The smallest absolute Gasteiger partial charge is 0.0146 e. The first-order valence-electron chi connectivity index (χ1n) is 4.53. The molecule has 1 aliphatic carbocycles. The van der Waals surface area contributed by atoms with Gasteiger partial charge in [-0.15, -0.1) is 0 Å². The van der Waals surface area contributed by atoms with E-state index in [2.05, 4.69) is 32.0 Å². The fourth-order valence-electron chi connectivity index (χ4n) is 1.99. The first-order chi connectivity index (χ1) is 5.68. The Kier molecular flexibility index (Phi) is 1.69. The molecule has 1 aliphatic rings.